The van der Waals surface area contributed by atoms with Crippen molar-refractivity contribution in [3.8, 4) is 17.4 Å². The molecule has 1 aromatic carbocycles. The Morgan fingerprint density at radius 3 is 2.57 bits per heavy atom. The van der Waals surface area contributed by atoms with Gasteiger partial charge in [-0.05, 0) is 40.2 Å². The summed E-state index contributed by atoms with van der Waals surface area (Å²) in [6, 6.07) is 5.67. The summed E-state index contributed by atoms with van der Waals surface area (Å²) >= 11 is 8.88. The minimum Gasteiger partial charge on any atom is -0.438 e. The number of amides is 1. The van der Waals surface area contributed by atoms with Gasteiger partial charge in [-0.25, -0.2) is 9.78 Å². The van der Waals surface area contributed by atoms with E-state index in [1.54, 1.807) is 6.07 Å². The number of hydrogen-bond acceptors (Lipinski definition) is 4. The smallest absolute Gasteiger partial charge is 0.419 e. The van der Waals surface area contributed by atoms with Crippen molar-refractivity contribution in [2.24, 2.45) is 5.73 Å². The lowest BCUT2D eigenvalue weighted by atomic mass is 10.2. The van der Waals surface area contributed by atoms with Crippen LogP contribution in [0.1, 0.15) is 5.56 Å². The van der Waals surface area contributed by atoms with Crippen LogP contribution in [-0.2, 0) is 6.18 Å². The summed E-state index contributed by atoms with van der Waals surface area (Å²) in [4.78, 5) is 14.6. The zero-order chi connectivity index (χ0) is 17.2. The van der Waals surface area contributed by atoms with E-state index in [9.17, 15) is 18.0 Å². The minimum absolute atomic E-state index is 0.0299. The van der Waals surface area contributed by atoms with Crippen molar-refractivity contribution in [3.05, 3.63) is 45.5 Å². The van der Waals surface area contributed by atoms with Gasteiger partial charge in [0, 0.05) is 6.07 Å². The fraction of sp³-hybridized carbons (Fsp3) is 0.0769. The SMILES string of the molecule is NC(=O)Oc1cc(Oc2nc(Cl)ccc2Br)ccc1C(F)(F)F. The number of carbonyl (C=O) groups excluding carboxylic acids is 1. The van der Waals surface area contributed by atoms with Gasteiger partial charge in [0.05, 0.1) is 10.0 Å². The van der Waals surface area contributed by atoms with E-state index < -0.39 is 23.6 Å². The van der Waals surface area contributed by atoms with Crippen molar-refractivity contribution in [3.63, 3.8) is 0 Å². The Kier molecular flexibility index (Phi) is 5.00. The lowest BCUT2D eigenvalue weighted by Gasteiger charge is -2.14. The molecule has 1 heterocycles. The molecule has 0 aliphatic heterocycles. The van der Waals surface area contributed by atoms with Crippen molar-refractivity contribution < 1.29 is 27.4 Å². The maximum atomic E-state index is 12.9. The van der Waals surface area contributed by atoms with Gasteiger partial charge in [0.25, 0.3) is 0 Å². The Labute approximate surface area is 141 Å². The summed E-state index contributed by atoms with van der Waals surface area (Å²) in [5.41, 5.74) is 3.61. The van der Waals surface area contributed by atoms with Crippen LogP contribution in [0.25, 0.3) is 0 Å². The average Bonchev–Trinajstić information content (AvgIpc) is 2.41. The second-order valence-corrected chi connectivity index (χ2v) is 5.34. The molecule has 0 bridgehead atoms. The van der Waals surface area contributed by atoms with Crippen LogP contribution in [-0.4, -0.2) is 11.1 Å². The molecule has 1 amide bonds. The quantitative estimate of drug-likeness (QED) is 0.739. The monoisotopic (exact) mass is 410 g/mol. The fourth-order valence-electron chi connectivity index (χ4n) is 1.58. The van der Waals surface area contributed by atoms with Crippen molar-refractivity contribution in [1.82, 2.24) is 4.98 Å². The molecule has 2 aromatic rings. The van der Waals surface area contributed by atoms with Crippen LogP contribution in [0.5, 0.6) is 17.4 Å². The Morgan fingerprint density at radius 1 is 1.26 bits per heavy atom. The summed E-state index contributed by atoms with van der Waals surface area (Å²) in [6.45, 7) is 0. The van der Waals surface area contributed by atoms with Gasteiger partial charge in [-0.1, -0.05) is 11.6 Å². The molecule has 2 rings (SSSR count). The third kappa shape index (κ3) is 4.49. The maximum absolute atomic E-state index is 12.9. The van der Waals surface area contributed by atoms with Crippen LogP contribution in [0.3, 0.4) is 0 Å². The van der Waals surface area contributed by atoms with Gasteiger partial charge >= 0.3 is 12.3 Å². The topological polar surface area (TPSA) is 74.4 Å². The van der Waals surface area contributed by atoms with Crippen LogP contribution in [0.4, 0.5) is 18.0 Å². The highest BCUT2D eigenvalue weighted by Gasteiger charge is 2.35. The van der Waals surface area contributed by atoms with Crippen molar-refractivity contribution in [1.29, 1.82) is 0 Å². The van der Waals surface area contributed by atoms with E-state index in [1.165, 1.54) is 6.07 Å². The number of primary amides is 1. The van der Waals surface area contributed by atoms with E-state index in [1.807, 2.05) is 0 Å². The minimum atomic E-state index is -4.72. The van der Waals surface area contributed by atoms with E-state index in [4.69, 9.17) is 22.1 Å². The number of hydrogen-bond donors (Lipinski definition) is 1. The highest BCUT2D eigenvalue weighted by Crippen LogP contribution is 2.39. The lowest BCUT2D eigenvalue weighted by Crippen LogP contribution is -2.19. The molecule has 0 saturated carbocycles. The largest absolute Gasteiger partial charge is 0.438 e. The summed E-state index contributed by atoms with van der Waals surface area (Å²) in [5.74, 6) is -0.798. The standard InChI is InChI=1S/C13H7BrClF3N2O3/c14-8-3-4-10(15)20-11(8)22-6-1-2-7(13(16,17)18)9(5-6)23-12(19)21/h1-5H,(H2,19,21). The van der Waals surface area contributed by atoms with Gasteiger partial charge in [-0.2, -0.15) is 13.2 Å². The van der Waals surface area contributed by atoms with Crippen molar-refractivity contribution in [2.75, 3.05) is 0 Å². The lowest BCUT2D eigenvalue weighted by molar-refractivity contribution is -0.138. The molecule has 1 aromatic heterocycles. The Balaban J connectivity index is 2.40. The summed E-state index contributed by atoms with van der Waals surface area (Å²) < 4.78 is 48.7. The Hall–Kier alpha value is -2.00. The highest BCUT2D eigenvalue weighted by molar-refractivity contribution is 9.10. The molecule has 0 spiro atoms. The molecular formula is C13H7BrClF3N2O3. The Bertz CT molecular complexity index is 756. The number of nitrogens with two attached hydrogens (primary N) is 1. The molecule has 0 aliphatic rings. The maximum Gasteiger partial charge on any atom is 0.419 e. The zero-order valence-electron chi connectivity index (χ0n) is 11.0. The van der Waals surface area contributed by atoms with E-state index in [0.717, 1.165) is 12.1 Å². The van der Waals surface area contributed by atoms with Crippen LogP contribution in [0.2, 0.25) is 5.15 Å². The first kappa shape index (κ1) is 17.4. The Morgan fingerprint density at radius 2 is 1.96 bits per heavy atom. The fourth-order valence-corrected chi connectivity index (χ4v) is 2.02. The molecule has 2 N–H and O–H groups in total. The molecule has 0 aliphatic carbocycles. The first-order chi connectivity index (χ1) is 10.7. The number of ether oxygens (including phenoxy) is 2. The van der Waals surface area contributed by atoms with Gasteiger partial charge in [0.1, 0.15) is 16.7 Å². The van der Waals surface area contributed by atoms with E-state index in [2.05, 4.69) is 25.7 Å². The number of halogens is 5. The molecule has 23 heavy (non-hydrogen) atoms. The molecule has 5 nitrogen and oxygen atoms in total. The predicted molar refractivity (Wildman–Crippen MR) is 78.7 cm³/mol. The van der Waals surface area contributed by atoms with Crippen LogP contribution >= 0.6 is 27.5 Å². The second-order valence-electron chi connectivity index (χ2n) is 4.10. The van der Waals surface area contributed by atoms with Gasteiger partial charge in [0.2, 0.25) is 5.88 Å². The first-order valence-electron chi connectivity index (χ1n) is 5.85. The van der Waals surface area contributed by atoms with Crippen LogP contribution < -0.4 is 15.2 Å². The average molecular weight is 412 g/mol. The molecular weight excluding hydrogens is 405 g/mol. The number of rotatable bonds is 3. The van der Waals surface area contributed by atoms with Crippen molar-refractivity contribution >= 4 is 33.6 Å². The number of aromatic nitrogens is 1. The molecule has 10 heteroatoms. The van der Waals surface area contributed by atoms with Gasteiger partial charge in [-0.3, -0.25) is 0 Å². The molecule has 0 fully saturated rings. The third-order valence-corrected chi connectivity index (χ3v) is 3.28. The number of nitrogens with zero attached hydrogens (tertiary/aromatic N) is 1. The predicted octanol–water partition coefficient (Wildman–Crippen LogP) is 4.77. The van der Waals surface area contributed by atoms with Gasteiger partial charge in [-0.15, -0.1) is 0 Å². The van der Waals surface area contributed by atoms with Crippen LogP contribution in [0.15, 0.2) is 34.8 Å². The molecule has 0 saturated heterocycles. The normalized spacial score (nSPS) is 11.2. The van der Waals surface area contributed by atoms with Crippen molar-refractivity contribution in [2.45, 2.75) is 6.18 Å². The van der Waals surface area contributed by atoms with E-state index >= 15 is 0 Å². The van der Waals surface area contributed by atoms with Gasteiger partial charge in [0.15, 0.2) is 0 Å². The van der Waals surface area contributed by atoms with E-state index in [0.29, 0.717) is 10.5 Å². The van der Waals surface area contributed by atoms with Crippen LogP contribution in [0, 0.1) is 0 Å². The summed E-state index contributed by atoms with van der Waals surface area (Å²) in [6.07, 6.45) is -6.10. The number of alkyl halides is 3. The molecule has 0 radical (unpaired) electrons. The van der Waals surface area contributed by atoms with E-state index in [-0.39, 0.29) is 16.8 Å². The third-order valence-electron chi connectivity index (χ3n) is 2.46. The first-order valence-corrected chi connectivity index (χ1v) is 7.02. The molecule has 0 unspecified atom stereocenters. The number of benzene rings is 1. The number of carbonyl (C=O) groups is 1. The molecule has 0 atom stereocenters. The summed E-state index contributed by atoms with van der Waals surface area (Å²) in [5, 5.41) is 0.128. The zero-order valence-corrected chi connectivity index (χ0v) is 13.4. The second kappa shape index (κ2) is 6.63. The highest BCUT2D eigenvalue weighted by atomic mass is 79.9. The summed E-state index contributed by atoms with van der Waals surface area (Å²) in [7, 11) is 0. The van der Waals surface area contributed by atoms with Gasteiger partial charge < -0.3 is 15.2 Å². The number of pyridine rings is 1. The molecule has 122 valence electrons.